The Balaban J connectivity index is 0.00000300. The van der Waals surface area contributed by atoms with Crippen LogP contribution in [0.5, 0.6) is 5.75 Å². The molecule has 0 aromatic heterocycles. The van der Waals surface area contributed by atoms with Gasteiger partial charge in [-0.25, -0.2) is 13.4 Å². The lowest BCUT2D eigenvalue weighted by Gasteiger charge is -2.15. The largest absolute Gasteiger partial charge is 0.495 e. The van der Waals surface area contributed by atoms with Gasteiger partial charge in [-0.3, -0.25) is 0 Å². The quantitative estimate of drug-likeness (QED) is 0.325. The number of methoxy groups -OCH3 is 1. The Morgan fingerprint density at radius 1 is 1.21 bits per heavy atom. The summed E-state index contributed by atoms with van der Waals surface area (Å²) in [5.74, 6) is 0.807. The minimum Gasteiger partial charge on any atom is -0.495 e. The minimum atomic E-state index is -3.40. The Morgan fingerprint density at radius 3 is 2.45 bits per heavy atom. The maximum absolute atomic E-state index is 12.5. The van der Waals surface area contributed by atoms with Gasteiger partial charge in [-0.2, -0.15) is 4.31 Å². The molecule has 10 heteroatoms. The van der Waals surface area contributed by atoms with Crippen LogP contribution in [-0.4, -0.2) is 38.9 Å². The average Bonchev–Trinajstić information content (AvgIpc) is 3.23. The van der Waals surface area contributed by atoms with Crippen LogP contribution in [0.4, 0.5) is 5.69 Å². The maximum atomic E-state index is 12.5. The van der Waals surface area contributed by atoms with Crippen LogP contribution in [0.1, 0.15) is 18.4 Å². The molecular weight excluding hydrogens is 527 g/mol. The predicted octanol–water partition coefficient (Wildman–Crippen LogP) is 3.68. The van der Waals surface area contributed by atoms with E-state index < -0.39 is 10.0 Å². The maximum Gasteiger partial charge on any atom is 0.243 e. The summed E-state index contributed by atoms with van der Waals surface area (Å²) in [5, 5.41) is 3.43. The molecule has 1 saturated heterocycles. The van der Waals surface area contributed by atoms with Crippen LogP contribution in [-0.2, 0) is 16.6 Å². The highest BCUT2D eigenvalue weighted by molar-refractivity contribution is 14.0. The van der Waals surface area contributed by atoms with E-state index in [2.05, 4.69) is 10.3 Å². The second-order valence-electron chi connectivity index (χ2n) is 6.43. The molecule has 0 saturated carbocycles. The molecular formula is C19H24ClIN4O3S. The number of benzene rings is 2. The van der Waals surface area contributed by atoms with Gasteiger partial charge in [-0.15, -0.1) is 24.0 Å². The molecule has 3 rings (SSSR count). The molecule has 1 aliphatic heterocycles. The van der Waals surface area contributed by atoms with E-state index >= 15 is 0 Å². The Hall–Kier alpha value is -1.56. The third-order valence-corrected chi connectivity index (χ3v) is 6.69. The van der Waals surface area contributed by atoms with E-state index in [-0.39, 0.29) is 29.9 Å². The molecule has 0 atom stereocenters. The number of hydrogen-bond acceptors (Lipinski definition) is 4. The highest BCUT2D eigenvalue weighted by Crippen LogP contribution is 2.27. The molecule has 2 aromatic carbocycles. The first-order chi connectivity index (χ1) is 13.4. The Morgan fingerprint density at radius 2 is 1.86 bits per heavy atom. The highest BCUT2D eigenvalue weighted by atomic mass is 127. The Kier molecular flexibility index (Phi) is 8.56. The summed E-state index contributed by atoms with van der Waals surface area (Å²) in [7, 11) is -1.85. The zero-order chi connectivity index (χ0) is 20.1. The number of guanidine groups is 1. The van der Waals surface area contributed by atoms with E-state index in [0.29, 0.717) is 41.0 Å². The molecule has 7 nitrogen and oxygen atoms in total. The number of hydrogen-bond donors (Lipinski definition) is 2. The molecule has 0 spiro atoms. The van der Waals surface area contributed by atoms with E-state index in [1.165, 1.54) is 4.31 Å². The second kappa shape index (κ2) is 10.5. The summed E-state index contributed by atoms with van der Waals surface area (Å²) < 4.78 is 31.7. The topological polar surface area (TPSA) is 97.0 Å². The van der Waals surface area contributed by atoms with Crippen LogP contribution in [0.25, 0.3) is 0 Å². The molecule has 0 radical (unpaired) electrons. The van der Waals surface area contributed by atoms with Crippen molar-refractivity contribution in [3.63, 3.8) is 0 Å². The molecule has 0 aliphatic carbocycles. The highest BCUT2D eigenvalue weighted by Gasteiger charge is 2.26. The van der Waals surface area contributed by atoms with Gasteiger partial charge in [-0.1, -0.05) is 23.7 Å². The molecule has 158 valence electrons. The first-order valence-electron chi connectivity index (χ1n) is 8.90. The third kappa shape index (κ3) is 5.97. The van der Waals surface area contributed by atoms with Gasteiger partial charge in [-0.05, 0) is 48.7 Å². The molecule has 0 bridgehead atoms. The SMILES string of the molecule is COc1ccc(NC(N)=NCc2ccc(S(=O)(=O)N3CCCC3)cc2)cc1Cl.I. The summed E-state index contributed by atoms with van der Waals surface area (Å²) >= 11 is 6.09. The third-order valence-electron chi connectivity index (χ3n) is 4.48. The number of sulfonamides is 1. The summed E-state index contributed by atoms with van der Waals surface area (Å²) in [6.45, 7) is 1.50. The van der Waals surface area contributed by atoms with Gasteiger partial charge in [0.05, 0.1) is 23.6 Å². The van der Waals surface area contributed by atoms with Crippen molar-refractivity contribution in [3.8, 4) is 5.75 Å². The van der Waals surface area contributed by atoms with Crippen LogP contribution in [0.2, 0.25) is 5.02 Å². The van der Waals surface area contributed by atoms with Crippen molar-refractivity contribution in [2.24, 2.45) is 10.7 Å². The molecule has 2 aromatic rings. The average molecular weight is 551 g/mol. The predicted molar refractivity (Wildman–Crippen MR) is 127 cm³/mol. The van der Waals surface area contributed by atoms with Crippen LogP contribution in [0, 0.1) is 0 Å². The monoisotopic (exact) mass is 550 g/mol. The van der Waals surface area contributed by atoms with Gasteiger partial charge >= 0.3 is 0 Å². The number of nitrogens with two attached hydrogens (primary N) is 1. The van der Waals surface area contributed by atoms with E-state index in [9.17, 15) is 8.42 Å². The first kappa shape index (κ1) is 23.7. The van der Waals surface area contributed by atoms with Crippen LogP contribution >= 0.6 is 35.6 Å². The number of ether oxygens (including phenoxy) is 1. The fourth-order valence-electron chi connectivity index (χ4n) is 2.95. The van der Waals surface area contributed by atoms with Gasteiger partial charge in [0.1, 0.15) is 5.75 Å². The molecule has 3 N–H and O–H groups in total. The number of nitrogens with zero attached hydrogens (tertiary/aromatic N) is 2. The molecule has 29 heavy (non-hydrogen) atoms. The molecule has 0 amide bonds. The lowest BCUT2D eigenvalue weighted by molar-refractivity contribution is 0.415. The number of anilines is 1. The van der Waals surface area contributed by atoms with Gasteiger partial charge in [0, 0.05) is 18.8 Å². The first-order valence-corrected chi connectivity index (χ1v) is 10.7. The fraction of sp³-hybridized carbons (Fsp3) is 0.316. The second-order valence-corrected chi connectivity index (χ2v) is 8.78. The van der Waals surface area contributed by atoms with Crippen molar-refractivity contribution in [1.82, 2.24) is 4.31 Å². The van der Waals surface area contributed by atoms with Gasteiger partial charge in [0.2, 0.25) is 10.0 Å². The smallest absolute Gasteiger partial charge is 0.243 e. The van der Waals surface area contributed by atoms with E-state index in [1.807, 2.05) is 0 Å². The van der Waals surface area contributed by atoms with E-state index in [4.69, 9.17) is 22.1 Å². The van der Waals surface area contributed by atoms with Gasteiger partial charge in [0.25, 0.3) is 0 Å². The minimum absolute atomic E-state index is 0. The standard InChI is InChI=1S/C19H23ClN4O3S.HI/c1-27-18-9-6-15(12-17(18)20)23-19(21)22-13-14-4-7-16(8-5-14)28(25,26)24-10-2-3-11-24;/h4-9,12H,2-3,10-11,13H2,1H3,(H3,21,22,23);1H. The molecule has 0 unspecified atom stereocenters. The number of halogens is 2. The normalized spacial score (nSPS) is 15.0. The zero-order valence-electron chi connectivity index (χ0n) is 16.0. The van der Waals surface area contributed by atoms with Crippen LogP contribution in [0.3, 0.4) is 0 Å². The zero-order valence-corrected chi connectivity index (χ0v) is 19.9. The summed E-state index contributed by atoms with van der Waals surface area (Å²) in [4.78, 5) is 4.59. The van der Waals surface area contributed by atoms with Gasteiger partial charge in [0.15, 0.2) is 5.96 Å². The summed E-state index contributed by atoms with van der Waals surface area (Å²) in [5.41, 5.74) is 7.47. The summed E-state index contributed by atoms with van der Waals surface area (Å²) in [6.07, 6.45) is 1.83. The van der Waals surface area contributed by atoms with E-state index in [1.54, 1.807) is 49.6 Å². The van der Waals surface area contributed by atoms with Crippen LogP contribution in [0.15, 0.2) is 52.4 Å². The van der Waals surface area contributed by atoms with Crippen molar-refractivity contribution >= 4 is 57.2 Å². The Bertz CT molecular complexity index is 962. The van der Waals surface area contributed by atoms with Crippen molar-refractivity contribution in [2.45, 2.75) is 24.3 Å². The van der Waals surface area contributed by atoms with Crippen molar-refractivity contribution in [3.05, 3.63) is 53.1 Å². The summed E-state index contributed by atoms with van der Waals surface area (Å²) in [6, 6.07) is 12.0. The lowest BCUT2D eigenvalue weighted by atomic mass is 10.2. The van der Waals surface area contributed by atoms with E-state index in [0.717, 1.165) is 18.4 Å². The van der Waals surface area contributed by atoms with Crippen molar-refractivity contribution < 1.29 is 13.2 Å². The number of rotatable bonds is 6. The van der Waals surface area contributed by atoms with Crippen molar-refractivity contribution in [1.29, 1.82) is 0 Å². The lowest BCUT2D eigenvalue weighted by Crippen LogP contribution is -2.27. The Labute approximate surface area is 193 Å². The molecule has 1 aliphatic rings. The molecule has 1 fully saturated rings. The van der Waals surface area contributed by atoms with Crippen LogP contribution < -0.4 is 15.8 Å². The van der Waals surface area contributed by atoms with Crippen molar-refractivity contribution in [2.75, 3.05) is 25.5 Å². The number of nitrogens with one attached hydrogen (secondary N) is 1. The number of aliphatic imine (C=N–C) groups is 1. The van der Waals surface area contributed by atoms with Gasteiger partial charge < -0.3 is 15.8 Å². The molecule has 1 heterocycles. The fourth-order valence-corrected chi connectivity index (χ4v) is 4.73.